The fourth-order valence-corrected chi connectivity index (χ4v) is 6.61. The molecule has 1 aromatic heterocycles. The number of carbonyl (C=O) groups is 1. The number of anilines is 1. The van der Waals surface area contributed by atoms with Crippen molar-refractivity contribution >= 4 is 60.1 Å². The zero-order valence-electron chi connectivity index (χ0n) is 19.9. The minimum absolute atomic E-state index is 0.159. The molecule has 1 aliphatic rings. The molecule has 1 heterocycles. The second kappa shape index (κ2) is 12.4. The zero-order valence-corrected chi connectivity index (χ0v) is 23.1. The lowest BCUT2D eigenvalue weighted by Gasteiger charge is -2.33. The predicted molar refractivity (Wildman–Crippen MR) is 148 cm³/mol. The molecule has 192 valence electrons. The van der Waals surface area contributed by atoms with E-state index in [2.05, 4.69) is 31.5 Å². The van der Waals surface area contributed by atoms with Gasteiger partial charge >= 0.3 is 0 Å². The van der Waals surface area contributed by atoms with Gasteiger partial charge in [0.05, 0.1) is 17.0 Å². The third-order valence-corrected chi connectivity index (χ3v) is 9.07. The maximum Gasteiger partial charge on any atom is 0.243 e. The van der Waals surface area contributed by atoms with Gasteiger partial charge in [-0.05, 0) is 67.8 Å². The quantitative estimate of drug-likeness (QED) is 0.299. The Morgan fingerprint density at radius 3 is 2.56 bits per heavy atom. The smallest absolute Gasteiger partial charge is 0.243 e. The van der Waals surface area contributed by atoms with Crippen molar-refractivity contribution < 1.29 is 13.2 Å². The van der Waals surface area contributed by atoms with Crippen LogP contribution in [0.25, 0.3) is 10.9 Å². The second-order valence-electron chi connectivity index (χ2n) is 8.95. The molecule has 0 aliphatic heterocycles. The number of pyridine rings is 1. The van der Waals surface area contributed by atoms with Gasteiger partial charge in [0, 0.05) is 45.9 Å². The lowest BCUT2D eigenvalue weighted by atomic mass is 9.95. The van der Waals surface area contributed by atoms with E-state index < -0.39 is 10.0 Å². The van der Waals surface area contributed by atoms with Crippen molar-refractivity contribution in [3.63, 3.8) is 0 Å². The van der Waals surface area contributed by atoms with Crippen LogP contribution < -0.4 is 10.6 Å². The molecule has 0 atom stereocenters. The van der Waals surface area contributed by atoms with Gasteiger partial charge in [-0.25, -0.2) is 8.42 Å². The predicted octanol–water partition coefficient (Wildman–Crippen LogP) is 5.59. The number of sulfonamides is 1. The number of amides is 1. The first-order valence-electron chi connectivity index (χ1n) is 12.2. The Hall–Kier alpha value is -2.20. The van der Waals surface area contributed by atoms with Crippen molar-refractivity contribution in [2.24, 2.45) is 0 Å². The van der Waals surface area contributed by atoms with Crippen LogP contribution in [0.4, 0.5) is 5.69 Å². The van der Waals surface area contributed by atoms with Gasteiger partial charge in [-0.15, -0.1) is 0 Å². The van der Waals surface area contributed by atoms with Crippen molar-refractivity contribution in [2.45, 2.75) is 49.5 Å². The Kier molecular flexibility index (Phi) is 9.22. The molecule has 10 heteroatoms. The van der Waals surface area contributed by atoms with E-state index in [4.69, 9.17) is 11.6 Å². The van der Waals surface area contributed by atoms with Crippen LogP contribution in [-0.2, 0) is 14.8 Å². The SMILES string of the molecule is O=C(CN(C1CCCCC1)S(=O)(=O)c1ccc(Br)cc1)NCCCNc1ccnc2cc(Cl)ccc12. The monoisotopic (exact) mass is 592 g/mol. The number of hydrogen-bond donors (Lipinski definition) is 2. The number of carbonyl (C=O) groups excluding carboxylic acids is 1. The molecule has 1 aliphatic carbocycles. The van der Waals surface area contributed by atoms with E-state index in [1.54, 1.807) is 30.5 Å². The molecule has 2 N–H and O–H groups in total. The fraction of sp³-hybridized carbons (Fsp3) is 0.385. The first-order valence-corrected chi connectivity index (χ1v) is 14.8. The largest absolute Gasteiger partial charge is 0.384 e. The molecular weight excluding hydrogens is 564 g/mol. The van der Waals surface area contributed by atoms with E-state index in [0.29, 0.717) is 24.5 Å². The first kappa shape index (κ1) is 26.9. The van der Waals surface area contributed by atoms with Gasteiger partial charge in [0.1, 0.15) is 0 Å². The summed E-state index contributed by atoms with van der Waals surface area (Å²) in [6.45, 7) is 0.912. The molecule has 0 unspecified atom stereocenters. The summed E-state index contributed by atoms with van der Waals surface area (Å²) in [6, 6.07) is 13.9. The summed E-state index contributed by atoms with van der Waals surface area (Å²) in [4.78, 5) is 17.4. The summed E-state index contributed by atoms with van der Waals surface area (Å²) in [5, 5.41) is 7.89. The van der Waals surface area contributed by atoms with Gasteiger partial charge in [-0.2, -0.15) is 4.31 Å². The molecule has 7 nitrogen and oxygen atoms in total. The van der Waals surface area contributed by atoms with E-state index >= 15 is 0 Å². The van der Waals surface area contributed by atoms with Gasteiger partial charge < -0.3 is 10.6 Å². The van der Waals surface area contributed by atoms with E-state index in [1.807, 2.05) is 24.3 Å². The van der Waals surface area contributed by atoms with Gasteiger partial charge in [0.15, 0.2) is 0 Å². The Morgan fingerprint density at radius 1 is 1.06 bits per heavy atom. The molecule has 1 saturated carbocycles. The Bertz CT molecular complexity index is 1300. The number of aromatic nitrogens is 1. The number of hydrogen-bond acceptors (Lipinski definition) is 5. The number of rotatable bonds is 10. The molecule has 0 bridgehead atoms. The van der Waals surface area contributed by atoms with Gasteiger partial charge in [-0.3, -0.25) is 9.78 Å². The molecule has 0 radical (unpaired) electrons. The summed E-state index contributed by atoms with van der Waals surface area (Å²) < 4.78 is 29.1. The maximum absolute atomic E-state index is 13.4. The van der Waals surface area contributed by atoms with Crippen LogP contribution in [0.5, 0.6) is 0 Å². The average molecular weight is 594 g/mol. The van der Waals surface area contributed by atoms with Crippen LogP contribution in [0, 0.1) is 0 Å². The van der Waals surface area contributed by atoms with Crippen molar-refractivity contribution in [3.8, 4) is 0 Å². The summed E-state index contributed by atoms with van der Waals surface area (Å²) in [5.41, 5.74) is 1.77. The number of nitrogens with one attached hydrogen (secondary N) is 2. The molecule has 0 spiro atoms. The van der Waals surface area contributed by atoms with E-state index in [9.17, 15) is 13.2 Å². The zero-order chi connectivity index (χ0) is 25.5. The normalized spacial score (nSPS) is 14.8. The highest BCUT2D eigenvalue weighted by Gasteiger charge is 2.33. The molecule has 1 fully saturated rings. The summed E-state index contributed by atoms with van der Waals surface area (Å²) >= 11 is 9.41. The molecule has 3 aromatic rings. The molecule has 4 rings (SSSR count). The number of halogens is 2. The van der Waals surface area contributed by atoms with E-state index in [1.165, 1.54) is 4.31 Å². The summed E-state index contributed by atoms with van der Waals surface area (Å²) in [5.74, 6) is -0.287. The molecule has 0 saturated heterocycles. The number of fused-ring (bicyclic) bond motifs is 1. The van der Waals surface area contributed by atoms with Crippen molar-refractivity contribution in [2.75, 3.05) is 25.0 Å². The lowest BCUT2D eigenvalue weighted by molar-refractivity contribution is -0.121. The number of benzene rings is 2. The van der Waals surface area contributed by atoms with Crippen LogP contribution in [-0.4, -0.2) is 49.3 Å². The maximum atomic E-state index is 13.4. The summed E-state index contributed by atoms with van der Waals surface area (Å²) in [6.07, 6.45) is 7.01. The topological polar surface area (TPSA) is 91.4 Å². The van der Waals surface area contributed by atoms with Crippen LogP contribution in [0.2, 0.25) is 5.02 Å². The molecule has 2 aromatic carbocycles. The van der Waals surface area contributed by atoms with Crippen molar-refractivity contribution in [1.82, 2.24) is 14.6 Å². The second-order valence-corrected chi connectivity index (χ2v) is 12.2. The van der Waals surface area contributed by atoms with E-state index in [0.717, 1.165) is 53.2 Å². The Balaban J connectivity index is 1.33. The number of nitrogens with zero attached hydrogens (tertiary/aromatic N) is 2. The third-order valence-electron chi connectivity index (χ3n) is 6.40. The van der Waals surface area contributed by atoms with Crippen LogP contribution in [0.1, 0.15) is 38.5 Å². The Labute approximate surface area is 225 Å². The van der Waals surface area contributed by atoms with Crippen molar-refractivity contribution in [1.29, 1.82) is 0 Å². The molecular formula is C26H30BrClN4O3S. The van der Waals surface area contributed by atoms with Gasteiger partial charge in [-0.1, -0.05) is 46.8 Å². The fourth-order valence-electron chi connectivity index (χ4n) is 4.53. The highest BCUT2D eigenvalue weighted by atomic mass is 79.9. The minimum Gasteiger partial charge on any atom is -0.384 e. The first-order chi connectivity index (χ1) is 17.3. The molecule has 36 heavy (non-hydrogen) atoms. The van der Waals surface area contributed by atoms with Crippen molar-refractivity contribution in [3.05, 3.63) is 64.2 Å². The Morgan fingerprint density at radius 2 is 1.81 bits per heavy atom. The highest BCUT2D eigenvalue weighted by Crippen LogP contribution is 2.28. The van der Waals surface area contributed by atoms with Gasteiger partial charge in [0.2, 0.25) is 15.9 Å². The lowest BCUT2D eigenvalue weighted by Crippen LogP contribution is -2.47. The van der Waals surface area contributed by atoms with Crippen LogP contribution >= 0.6 is 27.5 Å². The third kappa shape index (κ3) is 6.76. The highest BCUT2D eigenvalue weighted by molar-refractivity contribution is 9.10. The van der Waals surface area contributed by atoms with Crippen LogP contribution in [0.3, 0.4) is 0 Å². The van der Waals surface area contributed by atoms with Crippen LogP contribution in [0.15, 0.2) is 64.1 Å². The summed E-state index contributed by atoms with van der Waals surface area (Å²) in [7, 11) is -3.78. The molecule has 1 amide bonds. The average Bonchev–Trinajstić information content (AvgIpc) is 2.87. The minimum atomic E-state index is -3.78. The standard InChI is InChI=1S/C26H30BrClN4O3S/c27-19-7-10-22(11-8-19)36(34,35)32(21-5-2-1-3-6-21)18-26(33)31-15-4-14-29-24-13-16-30-25-17-20(28)9-12-23(24)25/h7-13,16-17,21H,1-6,14-15,18H2,(H,29,30)(H,31,33). The van der Waals surface area contributed by atoms with E-state index in [-0.39, 0.29) is 23.4 Å². The van der Waals surface area contributed by atoms with Gasteiger partial charge in [0.25, 0.3) is 0 Å².